The summed E-state index contributed by atoms with van der Waals surface area (Å²) in [4.78, 5) is 15.8. The average molecular weight is 306 g/mol. The largest absolute Gasteiger partial charge is 0.304 e. The third-order valence-electron chi connectivity index (χ3n) is 2.15. The fourth-order valence-corrected chi connectivity index (χ4v) is 1.74. The lowest BCUT2D eigenvalue weighted by atomic mass is 10.2. The first kappa shape index (κ1) is 12.3. The molecule has 2 heterocycles. The summed E-state index contributed by atoms with van der Waals surface area (Å²) in [6.07, 6.45) is 4.56. The van der Waals surface area contributed by atoms with E-state index in [-0.39, 0.29) is 11.7 Å². The number of nitrogens with one attached hydrogen (secondary N) is 1. The zero-order valence-corrected chi connectivity index (χ0v) is 11.0. The fourth-order valence-electron chi connectivity index (χ4n) is 1.38. The van der Waals surface area contributed by atoms with E-state index in [0.717, 1.165) is 0 Å². The van der Waals surface area contributed by atoms with Gasteiger partial charge >= 0.3 is 0 Å². The summed E-state index contributed by atoms with van der Waals surface area (Å²) >= 11 is 3.23. The number of amides is 1. The number of carbonyl (C=O) groups is 1. The molecule has 0 aliphatic heterocycles. The summed E-state index contributed by atoms with van der Waals surface area (Å²) in [6.45, 7) is 0. The summed E-state index contributed by atoms with van der Waals surface area (Å²) in [5.74, 6) is -0.121. The second kappa shape index (κ2) is 4.98. The molecule has 1 N–H and O–H groups in total. The number of halogens is 1. The standard InChI is InChI=1S/C11H8BrN5O/c1-17-6-8(3-13)10(16-17)15-11(18)7-2-9(12)5-14-4-7/h2,4-6H,1H3,(H,15,16,18). The van der Waals surface area contributed by atoms with Crippen LogP contribution >= 0.6 is 15.9 Å². The van der Waals surface area contributed by atoms with Gasteiger partial charge in [-0.05, 0) is 22.0 Å². The maximum atomic E-state index is 11.9. The van der Waals surface area contributed by atoms with Crippen molar-refractivity contribution in [2.45, 2.75) is 0 Å². The first-order chi connectivity index (χ1) is 8.60. The molecule has 0 unspecified atom stereocenters. The number of nitrogens with zero attached hydrogens (tertiary/aromatic N) is 4. The minimum Gasteiger partial charge on any atom is -0.304 e. The van der Waals surface area contributed by atoms with Crippen molar-refractivity contribution in [3.8, 4) is 6.07 Å². The van der Waals surface area contributed by atoms with Gasteiger partial charge in [-0.2, -0.15) is 10.4 Å². The molecule has 2 rings (SSSR count). The number of anilines is 1. The van der Waals surface area contributed by atoms with Crippen LogP contribution in [0.2, 0.25) is 0 Å². The van der Waals surface area contributed by atoms with Gasteiger partial charge < -0.3 is 5.32 Å². The van der Waals surface area contributed by atoms with Crippen molar-refractivity contribution in [3.05, 3.63) is 40.3 Å². The highest BCUT2D eigenvalue weighted by molar-refractivity contribution is 9.10. The highest BCUT2D eigenvalue weighted by atomic mass is 79.9. The van der Waals surface area contributed by atoms with Crippen molar-refractivity contribution >= 4 is 27.7 Å². The van der Waals surface area contributed by atoms with Gasteiger partial charge in [0, 0.05) is 30.1 Å². The van der Waals surface area contributed by atoms with Crippen LogP contribution in [0.5, 0.6) is 0 Å². The van der Waals surface area contributed by atoms with Crippen LogP contribution in [0, 0.1) is 11.3 Å². The number of aromatic nitrogens is 3. The topological polar surface area (TPSA) is 83.6 Å². The predicted octanol–water partition coefficient (Wildman–Crippen LogP) is 1.70. The number of hydrogen-bond acceptors (Lipinski definition) is 4. The molecule has 0 bridgehead atoms. The van der Waals surface area contributed by atoms with E-state index in [9.17, 15) is 4.79 Å². The molecule has 18 heavy (non-hydrogen) atoms. The SMILES string of the molecule is Cn1cc(C#N)c(NC(=O)c2cncc(Br)c2)n1. The molecule has 0 atom stereocenters. The molecule has 2 aromatic rings. The lowest BCUT2D eigenvalue weighted by Gasteiger charge is -2.02. The smallest absolute Gasteiger partial charge is 0.258 e. The zero-order chi connectivity index (χ0) is 13.1. The molecule has 7 heteroatoms. The van der Waals surface area contributed by atoms with Crippen LogP contribution in [0.15, 0.2) is 29.1 Å². The Bertz CT molecular complexity index is 643. The Balaban J connectivity index is 2.24. The predicted molar refractivity (Wildman–Crippen MR) is 67.8 cm³/mol. The number of carbonyl (C=O) groups excluding carboxylic acids is 1. The number of aryl methyl sites for hydroxylation is 1. The highest BCUT2D eigenvalue weighted by Gasteiger charge is 2.12. The molecule has 0 fully saturated rings. The van der Waals surface area contributed by atoms with Crippen molar-refractivity contribution < 1.29 is 4.79 Å². The van der Waals surface area contributed by atoms with E-state index in [2.05, 4.69) is 31.3 Å². The van der Waals surface area contributed by atoms with Crippen molar-refractivity contribution in [2.24, 2.45) is 7.05 Å². The number of rotatable bonds is 2. The summed E-state index contributed by atoms with van der Waals surface area (Å²) in [6, 6.07) is 3.60. The third-order valence-corrected chi connectivity index (χ3v) is 2.58. The average Bonchev–Trinajstić information content (AvgIpc) is 2.69. The van der Waals surface area contributed by atoms with Crippen LogP contribution in [-0.4, -0.2) is 20.7 Å². The van der Waals surface area contributed by atoms with E-state index in [1.54, 1.807) is 19.3 Å². The molecule has 0 spiro atoms. The van der Waals surface area contributed by atoms with E-state index in [1.165, 1.54) is 17.1 Å². The Hall–Kier alpha value is -2.20. The molecule has 0 saturated carbocycles. The van der Waals surface area contributed by atoms with Crippen LogP contribution < -0.4 is 5.32 Å². The van der Waals surface area contributed by atoms with E-state index < -0.39 is 0 Å². The molecule has 2 aromatic heterocycles. The van der Waals surface area contributed by atoms with Gasteiger partial charge in [0.2, 0.25) is 0 Å². The van der Waals surface area contributed by atoms with Gasteiger partial charge in [-0.25, -0.2) is 0 Å². The van der Waals surface area contributed by atoms with E-state index in [1.807, 2.05) is 6.07 Å². The highest BCUT2D eigenvalue weighted by Crippen LogP contribution is 2.14. The molecule has 0 aliphatic rings. The minimum atomic E-state index is -0.362. The van der Waals surface area contributed by atoms with Crippen LogP contribution in [0.3, 0.4) is 0 Å². The Morgan fingerprint density at radius 1 is 1.56 bits per heavy atom. The Kier molecular flexibility index (Phi) is 3.39. The third kappa shape index (κ3) is 2.55. The van der Waals surface area contributed by atoms with Crippen molar-refractivity contribution in [1.82, 2.24) is 14.8 Å². The molecule has 0 radical (unpaired) electrons. The first-order valence-electron chi connectivity index (χ1n) is 4.96. The first-order valence-corrected chi connectivity index (χ1v) is 5.75. The Labute approximate surface area is 111 Å². The molecule has 0 saturated heterocycles. The lowest BCUT2D eigenvalue weighted by Crippen LogP contribution is -2.13. The molecule has 1 amide bonds. The molecular weight excluding hydrogens is 298 g/mol. The Morgan fingerprint density at radius 3 is 3.00 bits per heavy atom. The van der Waals surface area contributed by atoms with Gasteiger partial charge in [0.15, 0.2) is 5.82 Å². The van der Waals surface area contributed by atoms with Crippen molar-refractivity contribution in [1.29, 1.82) is 5.26 Å². The fraction of sp³-hybridized carbons (Fsp3) is 0.0909. The molecule has 0 aliphatic carbocycles. The van der Waals surface area contributed by atoms with Crippen molar-refractivity contribution in [3.63, 3.8) is 0 Å². The van der Waals surface area contributed by atoms with Crippen LogP contribution in [0.1, 0.15) is 15.9 Å². The van der Waals surface area contributed by atoms with Gasteiger partial charge in [-0.3, -0.25) is 14.5 Å². The number of hydrogen-bond donors (Lipinski definition) is 1. The summed E-state index contributed by atoms with van der Waals surface area (Å²) < 4.78 is 2.17. The quantitative estimate of drug-likeness (QED) is 0.915. The molecule has 90 valence electrons. The summed E-state index contributed by atoms with van der Waals surface area (Å²) in [5, 5.41) is 15.5. The normalized spacial score (nSPS) is 9.83. The molecule has 6 nitrogen and oxygen atoms in total. The van der Waals surface area contributed by atoms with Crippen LogP contribution in [0.25, 0.3) is 0 Å². The Morgan fingerprint density at radius 2 is 2.33 bits per heavy atom. The van der Waals surface area contributed by atoms with Crippen molar-refractivity contribution in [2.75, 3.05) is 5.32 Å². The van der Waals surface area contributed by atoms with E-state index in [0.29, 0.717) is 15.6 Å². The second-order valence-corrected chi connectivity index (χ2v) is 4.44. The van der Waals surface area contributed by atoms with Gasteiger partial charge in [0.1, 0.15) is 11.6 Å². The van der Waals surface area contributed by atoms with Gasteiger partial charge in [0.05, 0.1) is 5.56 Å². The van der Waals surface area contributed by atoms with Gasteiger partial charge in [-0.15, -0.1) is 0 Å². The number of nitriles is 1. The molecule has 0 aromatic carbocycles. The zero-order valence-electron chi connectivity index (χ0n) is 9.38. The van der Waals surface area contributed by atoms with Crippen LogP contribution in [-0.2, 0) is 7.05 Å². The minimum absolute atomic E-state index is 0.241. The maximum absolute atomic E-state index is 11.9. The summed E-state index contributed by atoms with van der Waals surface area (Å²) in [7, 11) is 1.68. The maximum Gasteiger partial charge on any atom is 0.258 e. The van der Waals surface area contributed by atoms with Crippen LogP contribution in [0.4, 0.5) is 5.82 Å². The van der Waals surface area contributed by atoms with Gasteiger partial charge in [-0.1, -0.05) is 0 Å². The monoisotopic (exact) mass is 305 g/mol. The second-order valence-electron chi connectivity index (χ2n) is 3.52. The number of pyridine rings is 1. The van der Waals surface area contributed by atoms with E-state index in [4.69, 9.17) is 5.26 Å². The van der Waals surface area contributed by atoms with Gasteiger partial charge in [0.25, 0.3) is 5.91 Å². The lowest BCUT2D eigenvalue weighted by molar-refractivity contribution is 0.102. The summed E-state index contributed by atoms with van der Waals surface area (Å²) in [5.41, 5.74) is 0.702. The van der Waals surface area contributed by atoms with E-state index >= 15 is 0 Å². The molecular formula is C11H8BrN5O.